The Bertz CT molecular complexity index is 700. The molecule has 1 aliphatic rings. The lowest BCUT2D eigenvalue weighted by Gasteiger charge is -2.14. The van der Waals surface area contributed by atoms with Crippen LogP contribution in [-0.4, -0.2) is 18.6 Å². The quantitative estimate of drug-likeness (QED) is 0.800. The third kappa shape index (κ3) is 4.62. The van der Waals surface area contributed by atoms with Gasteiger partial charge in [0.25, 0.3) is 5.91 Å². The zero-order chi connectivity index (χ0) is 17.6. The van der Waals surface area contributed by atoms with Gasteiger partial charge in [-0.2, -0.15) is 0 Å². The first-order valence-corrected chi connectivity index (χ1v) is 9.28. The van der Waals surface area contributed by atoms with Gasteiger partial charge < -0.3 is 10.1 Å². The molecule has 3 nitrogen and oxygen atoms in total. The van der Waals surface area contributed by atoms with Gasteiger partial charge in [-0.1, -0.05) is 43.2 Å². The van der Waals surface area contributed by atoms with Gasteiger partial charge in [0.2, 0.25) is 0 Å². The third-order valence-electron chi connectivity index (χ3n) is 4.73. The summed E-state index contributed by atoms with van der Waals surface area (Å²) in [5, 5.41) is 3.12. The van der Waals surface area contributed by atoms with E-state index in [2.05, 4.69) is 5.32 Å². The minimum Gasteiger partial charge on any atom is -0.491 e. The summed E-state index contributed by atoms with van der Waals surface area (Å²) in [7, 11) is 0. The number of nitrogens with one attached hydrogen (secondary N) is 1. The molecule has 0 bridgehead atoms. The van der Waals surface area contributed by atoms with Gasteiger partial charge in [-0.25, -0.2) is 0 Å². The van der Waals surface area contributed by atoms with E-state index in [4.69, 9.17) is 4.74 Å². The van der Waals surface area contributed by atoms with Gasteiger partial charge in [0.15, 0.2) is 0 Å². The Morgan fingerprint density at radius 1 is 1.08 bits per heavy atom. The molecular weight excluding hydrogens is 310 g/mol. The number of carbonyl (C=O) groups excluding carboxylic acids is 1. The van der Waals surface area contributed by atoms with E-state index in [1.165, 1.54) is 25.7 Å². The maximum absolute atomic E-state index is 12.7. The average Bonchev–Trinajstić information content (AvgIpc) is 3.13. The minimum absolute atomic E-state index is 0.0185. The monoisotopic (exact) mass is 337 g/mol. The SMILES string of the molecule is CC(C)Oc1ccc(-c2ccccc2C(=O)NCC2CCCC2)cc1. The summed E-state index contributed by atoms with van der Waals surface area (Å²) >= 11 is 0. The standard InChI is InChI=1S/C22H27NO2/c1-16(2)25-19-13-11-18(12-14-19)20-9-5-6-10-21(20)22(24)23-15-17-7-3-4-8-17/h5-6,9-14,16-17H,3-4,7-8,15H2,1-2H3,(H,23,24). The summed E-state index contributed by atoms with van der Waals surface area (Å²) in [5.74, 6) is 1.51. The van der Waals surface area contributed by atoms with E-state index in [-0.39, 0.29) is 12.0 Å². The Morgan fingerprint density at radius 2 is 1.76 bits per heavy atom. The highest BCUT2D eigenvalue weighted by molar-refractivity contribution is 6.00. The molecule has 2 aromatic rings. The number of amides is 1. The Hall–Kier alpha value is -2.29. The van der Waals surface area contributed by atoms with Crippen LogP contribution in [0.2, 0.25) is 0 Å². The molecule has 25 heavy (non-hydrogen) atoms. The van der Waals surface area contributed by atoms with Gasteiger partial charge in [0, 0.05) is 12.1 Å². The molecular formula is C22H27NO2. The maximum Gasteiger partial charge on any atom is 0.251 e. The van der Waals surface area contributed by atoms with E-state index in [1.54, 1.807) is 0 Å². The van der Waals surface area contributed by atoms with Gasteiger partial charge in [-0.3, -0.25) is 4.79 Å². The summed E-state index contributed by atoms with van der Waals surface area (Å²) in [4.78, 5) is 12.7. The molecule has 3 heteroatoms. The predicted octanol–water partition coefficient (Wildman–Crippen LogP) is 5.06. The number of benzene rings is 2. The fraction of sp³-hybridized carbons (Fsp3) is 0.409. The Kier molecular flexibility index (Phi) is 5.75. The topological polar surface area (TPSA) is 38.3 Å². The van der Waals surface area contributed by atoms with Crippen LogP contribution in [0, 0.1) is 5.92 Å². The van der Waals surface area contributed by atoms with E-state index in [1.807, 2.05) is 62.4 Å². The van der Waals surface area contributed by atoms with E-state index >= 15 is 0 Å². The molecule has 1 N–H and O–H groups in total. The molecule has 132 valence electrons. The van der Waals surface area contributed by atoms with Gasteiger partial charge in [-0.15, -0.1) is 0 Å². The molecule has 0 atom stereocenters. The van der Waals surface area contributed by atoms with Crippen molar-refractivity contribution >= 4 is 5.91 Å². The van der Waals surface area contributed by atoms with Crippen LogP contribution in [0.25, 0.3) is 11.1 Å². The van der Waals surface area contributed by atoms with Crippen LogP contribution in [0.3, 0.4) is 0 Å². The highest BCUT2D eigenvalue weighted by atomic mass is 16.5. The second-order valence-corrected chi connectivity index (χ2v) is 7.10. The zero-order valence-electron chi connectivity index (χ0n) is 15.1. The predicted molar refractivity (Wildman–Crippen MR) is 102 cm³/mol. The second-order valence-electron chi connectivity index (χ2n) is 7.10. The first-order chi connectivity index (χ1) is 12.1. The first kappa shape index (κ1) is 17.5. The molecule has 1 saturated carbocycles. The summed E-state index contributed by atoms with van der Waals surface area (Å²) in [6.07, 6.45) is 5.21. The lowest BCUT2D eigenvalue weighted by molar-refractivity contribution is 0.0948. The number of carbonyl (C=O) groups is 1. The van der Waals surface area contributed by atoms with Gasteiger partial charge in [0.05, 0.1) is 6.10 Å². The summed E-state index contributed by atoms with van der Waals surface area (Å²) in [6.45, 7) is 4.81. The molecule has 0 aliphatic heterocycles. The lowest BCUT2D eigenvalue weighted by atomic mass is 9.99. The van der Waals surface area contributed by atoms with Crippen molar-refractivity contribution in [3.8, 4) is 16.9 Å². The lowest BCUT2D eigenvalue weighted by Crippen LogP contribution is -2.28. The van der Waals surface area contributed by atoms with Gasteiger partial charge in [-0.05, 0) is 61.9 Å². The summed E-state index contributed by atoms with van der Waals surface area (Å²) < 4.78 is 5.70. The van der Waals surface area contributed by atoms with Crippen molar-refractivity contribution in [1.29, 1.82) is 0 Å². The highest BCUT2D eigenvalue weighted by Gasteiger charge is 2.17. The van der Waals surface area contributed by atoms with Crippen LogP contribution in [-0.2, 0) is 0 Å². The molecule has 3 rings (SSSR count). The van der Waals surface area contributed by atoms with Crippen LogP contribution in [0.15, 0.2) is 48.5 Å². The normalized spacial score (nSPS) is 14.7. The van der Waals surface area contributed by atoms with E-state index in [9.17, 15) is 4.79 Å². The van der Waals surface area contributed by atoms with Crippen LogP contribution in [0.1, 0.15) is 49.9 Å². The van der Waals surface area contributed by atoms with Crippen molar-refractivity contribution in [2.24, 2.45) is 5.92 Å². The van der Waals surface area contributed by atoms with Crippen LogP contribution < -0.4 is 10.1 Å². The van der Waals surface area contributed by atoms with E-state index in [0.717, 1.165) is 29.0 Å². The van der Waals surface area contributed by atoms with Crippen molar-refractivity contribution in [1.82, 2.24) is 5.32 Å². The zero-order valence-corrected chi connectivity index (χ0v) is 15.1. The van der Waals surface area contributed by atoms with Crippen LogP contribution in [0.5, 0.6) is 5.75 Å². The second kappa shape index (κ2) is 8.19. The maximum atomic E-state index is 12.7. The Balaban J connectivity index is 1.74. The smallest absolute Gasteiger partial charge is 0.251 e. The number of rotatable bonds is 6. The molecule has 1 amide bonds. The van der Waals surface area contributed by atoms with E-state index < -0.39 is 0 Å². The van der Waals surface area contributed by atoms with Crippen molar-refractivity contribution in [3.05, 3.63) is 54.1 Å². The van der Waals surface area contributed by atoms with Gasteiger partial charge in [0.1, 0.15) is 5.75 Å². The minimum atomic E-state index is 0.0185. The molecule has 2 aromatic carbocycles. The average molecular weight is 337 g/mol. The molecule has 0 unspecified atom stereocenters. The van der Waals surface area contributed by atoms with Crippen molar-refractivity contribution in [2.45, 2.75) is 45.6 Å². The molecule has 0 radical (unpaired) electrons. The number of hydrogen-bond donors (Lipinski definition) is 1. The van der Waals surface area contributed by atoms with Crippen LogP contribution in [0.4, 0.5) is 0 Å². The van der Waals surface area contributed by atoms with Gasteiger partial charge >= 0.3 is 0 Å². The van der Waals surface area contributed by atoms with E-state index in [0.29, 0.717) is 5.92 Å². The fourth-order valence-electron chi connectivity index (χ4n) is 3.46. The highest BCUT2D eigenvalue weighted by Crippen LogP contribution is 2.27. The molecule has 0 aromatic heterocycles. The molecule has 1 fully saturated rings. The van der Waals surface area contributed by atoms with Crippen LogP contribution >= 0.6 is 0 Å². The molecule has 1 aliphatic carbocycles. The summed E-state index contributed by atoms with van der Waals surface area (Å²) in [6, 6.07) is 15.7. The first-order valence-electron chi connectivity index (χ1n) is 9.28. The number of ether oxygens (including phenoxy) is 1. The molecule has 0 spiro atoms. The van der Waals surface area contributed by atoms with Crippen molar-refractivity contribution in [2.75, 3.05) is 6.54 Å². The van der Waals surface area contributed by atoms with Crippen molar-refractivity contribution in [3.63, 3.8) is 0 Å². The Labute approximate surface area is 150 Å². The molecule has 0 saturated heterocycles. The van der Waals surface area contributed by atoms with Crippen molar-refractivity contribution < 1.29 is 9.53 Å². The fourth-order valence-corrected chi connectivity index (χ4v) is 3.46. The summed E-state index contributed by atoms with van der Waals surface area (Å²) in [5.41, 5.74) is 2.73. The number of hydrogen-bond acceptors (Lipinski definition) is 2. The Morgan fingerprint density at radius 3 is 2.44 bits per heavy atom. The molecule has 0 heterocycles. The largest absolute Gasteiger partial charge is 0.491 e. The third-order valence-corrected chi connectivity index (χ3v) is 4.73.